The highest BCUT2D eigenvalue weighted by Crippen LogP contribution is 2.12. The second-order valence-electron chi connectivity index (χ2n) is 4.07. The van der Waals surface area contributed by atoms with Crippen LogP contribution < -0.4 is 0 Å². The van der Waals surface area contributed by atoms with Crippen LogP contribution in [0, 0.1) is 5.92 Å². The summed E-state index contributed by atoms with van der Waals surface area (Å²) in [7, 11) is 1.90. The van der Waals surface area contributed by atoms with Crippen LogP contribution in [0.5, 0.6) is 0 Å². The summed E-state index contributed by atoms with van der Waals surface area (Å²) in [5.74, 6) is 0.241. The Bertz CT molecular complexity index is 341. The average Bonchev–Trinajstić information content (AvgIpc) is 2.59. The minimum absolute atomic E-state index is 0.0781. The van der Waals surface area contributed by atoms with Crippen LogP contribution in [0.15, 0.2) is 6.07 Å². The molecule has 0 aromatic carbocycles. The van der Waals surface area contributed by atoms with Gasteiger partial charge in [0.1, 0.15) is 5.69 Å². The monoisotopic (exact) mass is 208 g/mol. The molecular formula is C12H20N2O. The van der Waals surface area contributed by atoms with Crippen molar-refractivity contribution in [1.82, 2.24) is 9.78 Å². The molecule has 1 aromatic rings. The van der Waals surface area contributed by atoms with E-state index in [0.717, 1.165) is 25.0 Å². The zero-order chi connectivity index (χ0) is 11.4. The summed E-state index contributed by atoms with van der Waals surface area (Å²) >= 11 is 0. The van der Waals surface area contributed by atoms with Crippen LogP contribution >= 0.6 is 0 Å². The van der Waals surface area contributed by atoms with Crippen LogP contribution in [-0.4, -0.2) is 15.6 Å². The standard InChI is InChI=1S/C12H20N2O/c1-5-7-10-8-11(13-14(10)4)12(15)9(3)6-2/h8-9H,5-7H2,1-4H3. The SMILES string of the molecule is CCCc1cc(C(=O)C(C)CC)nn1C. The number of nitrogens with zero attached hydrogens (tertiary/aromatic N) is 2. The molecule has 1 rings (SSSR count). The van der Waals surface area contributed by atoms with Gasteiger partial charge in [0.2, 0.25) is 0 Å². The molecule has 0 fully saturated rings. The predicted octanol–water partition coefficient (Wildman–Crippen LogP) is 2.60. The van der Waals surface area contributed by atoms with Gasteiger partial charge in [0, 0.05) is 18.7 Å². The van der Waals surface area contributed by atoms with Gasteiger partial charge in [0.05, 0.1) is 0 Å². The molecule has 1 heterocycles. The number of aromatic nitrogens is 2. The molecule has 0 radical (unpaired) electrons. The second-order valence-corrected chi connectivity index (χ2v) is 4.07. The quantitative estimate of drug-likeness (QED) is 0.697. The molecule has 0 amide bonds. The van der Waals surface area contributed by atoms with Gasteiger partial charge in [-0.15, -0.1) is 0 Å². The fourth-order valence-electron chi connectivity index (χ4n) is 1.55. The van der Waals surface area contributed by atoms with Gasteiger partial charge in [-0.1, -0.05) is 27.2 Å². The summed E-state index contributed by atoms with van der Waals surface area (Å²) in [5, 5.41) is 4.27. The number of hydrogen-bond acceptors (Lipinski definition) is 2. The highest BCUT2D eigenvalue weighted by molar-refractivity contribution is 5.95. The fraction of sp³-hybridized carbons (Fsp3) is 0.667. The maximum Gasteiger partial charge on any atom is 0.185 e. The van der Waals surface area contributed by atoms with Gasteiger partial charge < -0.3 is 0 Å². The van der Waals surface area contributed by atoms with Crippen molar-refractivity contribution in [2.75, 3.05) is 0 Å². The fourth-order valence-corrected chi connectivity index (χ4v) is 1.55. The van der Waals surface area contributed by atoms with Crippen LogP contribution in [0.3, 0.4) is 0 Å². The first-order valence-electron chi connectivity index (χ1n) is 5.67. The van der Waals surface area contributed by atoms with E-state index in [0.29, 0.717) is 5.69 Å². The summed E-state index contributed by atoms with van der Waals surface area (Å²) < 4.78 is 1.82. The molecule has 0 saturated carbocycles. The zero-order valence-corrected chi connectivity index (χ0v) is 10.1. The number of carbonyl (C=O) groups excluding carboxylic acids is 1. The van der Waals surface area contributed by atoms with E-state index in [4.69, 9.17) is 0 Å². The molecule has 0 aliphatic rings. The lowest BCUT2D eigenvalue weighted by molar-refractivity contribution is 0.0921. The van der Waals surface area contributed by atoms with Crippen molar-refractivity contribution >= 4 is 5.78 Å². The summed E-state index contributed by atoms with van der Waals surface area (Å²) in [5.41, 5.74) is 1.76. The summed E-state index contributed by atoms with van der Waals surface area (Å²) in [4.78, 5) is 11.9. The summed E-state index contributed by atoms with van der Waals surface area (Å²) in [6, 6.07) is 1.93. The van der Waals surface area contributed by atoms with Crippen molar-refractivity contribution in [2.45, 2.75) is 40.0 Å². The normalized spacial score (nSPS) is 12.8. The van der Waals surface area contributed by atoms with Gasteiger partial charge in [-0.3, -0.25) is 9.48 Å². The Morgan fingerprint density at radius 3 is 2.73 bits per heavy atom. The molecule has 0 aliphatic carbocycles. The van der Waals surface area contributed by atoms with Gasteiger partial charge in [0.25, 0.3) is 0 Å². The highest BCUT2D eigenvalue weighted by atomic mass is 16.1. The predicted molar refractivity (Wildman–Crippen MR) is 61.0 cm³/mol. The van der Waals surface area contributed by atoms with E-state index in [9.17, 15) is 4.79 Å². The van der Waals surface area contributed by atoms with Gasteiger partial charge in [-0.2, -0.15) is 5.10 Å². The Balaban J connectivity index is 2.87. The van der Waals surface area contributed by atoms with Crippen LogP contribution in [-0.2, 0) is 13.5 Å². The summed E-state index contributed by atoms with van der Waals surface area (Å²) in [6.45, 7) is 6.11. The van der Waals surface area contributed by atoms with Crippen molar-refractivity contribution in [2.24, 2.45) is 13.0 Å². The van der Waals surface area contributed by atoms with Gasteiger partial charge >= 0.3 is 0 Å². The Hall–Kier alpha value is -1.12. The van der Waals surface area contributed by atoms with Crippen LogP contribution in [0.25, 0.3) is 0 Å². The first-order chi connectivity index (χ1) is 7.10. The van der Waals surface area contributed by atoms with Crippen LogP contribution in [0.1, 0.15) is 49.8 Å². The van der Waals surface area contributed by atoms with E-state index in [-0.39, 0.29) is 11.7 Å². The number of hydrogen-bond donors (Lipinski definition) is 0. The molecule has 3 nitrogen and oxygen atoms in total. The first-order valence-corrected chi connectivity index (χ1v) is 5.67. The third-order valence-corrected chi connectivity index (χ3v) is 2.80. The highest BCUT2D eigenvalue weighted by Gasteiger charge is 2.17. The second kappa shape index (κ2) is 5.10. The molecule has 15 heavy (non-hydrogen) atoms. The van der Waals surface area contributed by atoms with Crippen molar-refractivity contribution < 1.29 is 4.79 Å². The van der Waals surface area contributed by atoms with Crippen molar-refractivity contribution in [3.8, 4) is 0 Å². The Kier molecular flexibility index (Phi) is 4.06. The number of carbonyl (C=O) groups is 1. The molecule has 1 aromatic heterocycles. The molecule has 1 atom stereocenters. The number of ketones is 1. The molecule has 0 aliphatic heterocycles. The third kappa shape index (κ3) is 2.67. The lowest BCUT2D eigenvalue weighted by atomic mass is 10.0. The number of Topliss-reactive ketones (excluding diaryl/α,β-unsaturated/α-hetero) is 1. The molecule has 0 spiro atoms. The minimum Gasteiger partial charge on any atom is -0.292 e. The first kappa shape index (κ1) is 12.0. The zero-order valence-electron chi connectivity index (χ0n) is 10.1. The largest absolute Gasteiger partial charge is 0.292 e. The average molecular weight is 208 g/mol. The molecule has 0 N–H and O–H groups in total. The van der Waals surface area contributed by atoms with Crippen molar-refractivity contribution in [3.63, 3.8) is 0 Å². The van der Waals surface area contributed by atoms with E-state index in [1.807, 2.05) is 31.6 Å². The lowest BCUT2D eigenvalue weighted by Gasteiger charge is -2.02. The van der Waals surface area contributed by atoms with E-state index >= 15 is 0 Å². The molecular weight excluding hydrogens is 188 g/mol. The van der Waals surface area contributed by atoms with Crippen LogP contribution in [0.4, 0.5) is 0 Å². The van der Waals surface area contributed by atoms with Gasteiger partial charge in [0.15, 0.2) is 5.78 Å². The van der Waals surface area contributed by atoms with E-state index < -0.39 is 0 Å². The molecule has 3 heteroatoms. The third-order valence-electron chi connectivity index (χ3n) is 2.80. The topological polar surface area (TPSA) is 34.9 Å². The number of aryl methyl sites for hydroxylation is 2. The maximum absolute atomic E-state index is 11.9. The lowest BCUT2D eigenvalue weighted by Crippen LogP contribution is -2.11. The Labute approximate surface area is 91.5 Å². The van der Waals surface area contributed by atoms with Crippen molar-refractivity contribution in [3.05, 3.63) is 17.5 Å². The molecule has 84 valence electrons. The smallest absolute Gasteiger partial charge is 0.185 e. The maximum atomic E-state index is 11.9. The van der Waals surface area contributed by atoms with E-state index in [2.05, 4.69) is 12.0 Å². The van der Waals surface area contributed by atoms with Gasteiger partial charge in [-0.05, 0) is 18.9 Å². The Morgan fingerprint density at radius 2 is 2.20 bits per heavy atom. The van der Waals surface area contributed by atoms with Crippen LogP contribution in [0.2, 0.25) is 0 Å². The van der Waals surface area contributed by atoms with Gasteiger partial charge in [-0.25, -0.2) is 0 Å². The van der Waals surface area contributed by atoms with E-state index in [1.54, 1.807) is 0 Å². The van der Waals surface area contributed by atoms with E-state index in [1.165, 1.54) is 0 Å². The molecule has 0 bridgehead atoms. The van der Waals surface area contributed by atoms with Crippen molar-refractivity contribution in [1.29, 1.82) is 0 Å². The molecule has 0 saturated heterocycles. The molecule has 1 unspecified atom stereocenters. The minimum atomic E-state index is 0.0781. The Morgan fingerprint density at radius 1 is 1.53 bits per heavy atom. The number of rotatable bonds is 5. The summed E-state index contributed by atoms with van der Waals surface area (Å²) in [6.07, 6.45) is 2.94.